The Bertz CT molecular complexity index is 673. The Morgan fingerprint density at radius 3 is 2.35 bits per heavy atom. The summed E-state index contributed by atoms with van der Waals surface area (Å²) in [5, 5.41) is 4.04. The second-order valence-electron chi connectivity index (χ2n) is 5.28. The summed E-state index contributed by atoms with van der Waals surface area (Å²) >= 11 is 0. The zero-order valence-corrected chi connectivity index (χ0v) is 13.9. The molecule has 0 aliphatic heterocycles. The predicted octanol–water partition coefficient (Wildman–Crippen LogP) is 3.61. The van der Waals surface area contributed by atoms with Crippen molar-refractivity contribution in [1.29, 1.82) is 0 Å². The molecule has 0 saturated carbocycles. The number of carbonyl (C=O) groups excluding carboxylic acids is 1. The van der Waals surface area contributed by atoms with Crippen molar-refractivity contribution in [2.24, 2.45) is 5.10 Å². The minimum atomic E-state index is -0.195. The first-order valence-electron chi connectivity index (χ1n) is 7.89. The number of hydrazone groups is 1. The summed E-state index contributed by atoms with van der Waals surface area (Å²) in [6.45, 7) is 8.15. The van der Waals surface area contributed by atoms with Crippen LogP contribution in [0.1, 0.15) is 35.3 Å². The summed E-state index contributed by atoms with van der Waals surface area (Å²) in [6, 6.07) is 15.6. The molecule has 1 N–H and O–H groups in total. The Labute approximate surface area is 137 Å². The van der Waals surface area contributed by atoms with Crippen molar-refractivity contribution in [1.82, 2.24) is 5.43 Å². The van der Waals surface area contributed by atoms with Gasteiger partial charge in [-0.2, -0.15) is 5.10 Å². The van der Waals surface area contributed by atoms with Crippen LogP contribution in [-0.2, 0) is 0 Å². The van der Waals surface area contributed by atoms with Crippen LogP contribution in [-0.4, -0.2) is 25.2 Å². The van der Waals surface area contributed by atoms with Crippen LogP contribution < -0.4 is 10.3 Å². The average molecular weight is 309 g/mol. The average Bonchev–Trinajstić information content (AvgIpc) is 2.57. The van der Waals surface area contributed by atoms with Gasteiger partial charge in [0.25, 0.3) is 5.91 Å². The van der Waals surface area contributed by atoms with Crippen molar-refractivity contribution >= 4 is 17.8 Å². The number of carbonyl (C=O) groups is 1. The number of rotatable bonds is 6. The maximum atomic E-state index is 12.0. The van der Waals surface area contributed by atoms with E-state index in [4.69, 9.17) is 0 Å². The minimum Gasteiger partial charge on any atom is -0.372 e. The minimum absolute atomic E-state index is 0.195. The van der Waals surface area contributed by atoms with E-state index < -0.39 is 0 Å². The fourth-order valence-corrected chi connectivity index (χ4v) is 2.41. The molecule has 4 nitrogen and oxygen atoms in total. The van der Waals surface area contributed by atoms with Crippen molar-refractivity contribution in [3.8, 4) is 0 Å². The molecule has 4 heteroatoms. The first-order chi connectivity index (χ1) is 11.2. The van der Waals surface area contributed by atoms with Crippen LogP contribution in [0.2, 0.25) is 0 Å². The van der Waals surface area contributed by atoms with Gasteiger partial charge in [-0.3, -0.25) is 4.79 Å². The zero-order valence-electron chi connectivity index (χ0n) is 13.9. The molecule has 2 aromatic carbocycles. The molecule has 2 aromatic rings. The third kappa shape index (κ3) is 4.42. The van der Waals surface area contributed by atoms with Gasteiger partial charge in [0.1, 0.15) is 0 Å². The molecule has 0 spiro atoms. The second kappa shape index (κ2) is 8.13. The van der Waals surface area contributed by atoms with Crippen molar-refractivity contribution in [3.05, 3.63) is 65.2 Å². The number of hydrogen-bond acceptors (Lipinski definition) is 3. The monoisotopic (exact) mass is 309 g/mol. The summed E-state index contributed by atoms with van der Waals surface area (Å²) in [5.41, 5.74) is 6.28. The smallest absolute Gasteiger partial charge is 0.271 e. The van der Waals surface area contributed by atoms with Crippen LogP contribution in [0, 0.1) is 6.92 Å². The van der Waals surface area contributed by atoms with Crippen LogP contribution in [0.15, 0.2) is 53.6 Å². The molecule has 23 heavy (non-hydrogen) atoms. The van der Waals surface area contributed by atoms with E-state index in [2.05, 4.69) is 41.4 Å². The first kappa shape index (κ1) is 16.7. The molecule has 0 aromatic heterocycles. The van der Waals surface area contributed by atoms with Crippen LogP contribution >= 0.6 is 0 Å². The largest absolute Gasteiger partial charge is 0.372 e. The molecule has 0 bridgehead atoms. The number of aryl methyl sites for hydroxylation is 1. The quantitative estimate of drug-likeness (QED) is 0.654. The van der Waals surface area contributed by atoms with Gasteiger partial charge in [-0.15, -0.1) is 0 Å². The number of nitrogens with zero attached hydrogens (tertiary/aromatic N) is 2. The predicted molar refractivity (Wildman–Crippen MR) is 96.2 cm³/mol. The van der Waals surface area contributed by atoms with Gasteiger partial charge in [0.2, 0.25) is 0 Å². The number of benzene rings is 2. The molecule has 0 heterocycles. The third-order valence-corrected chi connectivity index (χ3v) is 3.79. The van der Waals surface area contributed by atoms with Crippen molar-refractivity contribution in [2.45, 2.75) is 20.8 Å². The molecule has 0 unspecified atom stereocenters. The molecule has 0 atom stereocenters. The van der Waals surface area contributed by atoms with Gasteiger partial charge in [0.05, 0.1) is 6.21 Å². The van der Waals surface area contributed by atoms with E-state index in [9.17, 15) is 4.79 Å². The highest BCUT2D eigenvalue weighted by Gasteiger charge is 2.06. The highest BCUT2D eigenvalue weighted by atomic mass is 16.2. The maximum absolute atomic E-state index is 12.0. The Morgan fingerprint density at radius 1 is 1.09 bits per heavy atom. The molecule has 0 aliphatic rings. The number of nitrogens with one attached hydrogen (secondary N) is 1. The SMILES string of the molecule is CCN(CC)c1ccc(/C=N\NC(=O)c2ccccc2C)cc1. The van der Waals surface area contributed by atoms with E-state index in [1.165, 1.54) is 5.69 Å². The molecule has 2 rings (SSSR count). The van der Waals surface area contributed by atoms with E-state index in [0.717, 1.165) is 24.2 Å². The van der Waals surface area contributed by atoms with Crippen molar-refractivity contribution in [2.75, 3.05) is 18.0 Å². The van der Waals surface area contributed by atoms with E-state index in [-0.39, 0.29) is 5.91 Å². The summed E-state index contributed by atoms with van der Waals surface area (Å²) in [6.07, 6.45) is 1.65. The van der Waals surface area contributed by atoms with Gasteiger partial charge in [-0.1, -0.05) is 30.3 Å². The van der Waals surface area contributed by atoms with Crippen LogP contribution in [0.5, 0.6) is 0 Å². The van der Waals surface area contributed by atoms with Crippen molar-refractivity contribution in [3.63, 3.8) is 0 Å². The highest BCUT2D eigenvalue weighted by Crippen LogP contribution is 2.14. The summed E-state index contributed by atoms with van der Waals surface area (Å²) in [7, 11) is 0. The van der Waals surface area contributed by atoms with Crippen LogP contribution in [0.25, 0.3) is 0 Å². The maximum Gasteiger partial charge on any atom is 0.271 e. The van der Waals surface area contributed by atoms with Gasteiger partial charge in [-0.25, -0.2) is 5.43 Å². The van der Waals surface area contributed by atoms with Crippen molar-refractivity contribution < 1.29 is 4.79 Å². The van der Waals surface area contributed by atoms with E-state index in [1.807, 2.05) is 37.3 Å². The standard InChI is InChI=1S/C19H23N3O/c1-4-22(5-2)17-12-10-16(11-13-17)14-20-21-19(23)18-9-7-6-8-15(18)3/h6-14H,4-5H2,1-3H3,(H,21,23)/b20-14-. The molecule has 0 aliphatic carbocycles. The van der Waals surface area contributed by atoms with E-state index in [0.29, 0.717) is 5.56 Å². The molecule has 120 valence electrons. The van der Waals surface area contributed by atoms with Crippen LogP contribution in [0.4, 0.5) is 5.69 Å². The van der Waals surface area contributed by atoms with E-state index >= 15 is 0 Å². The molecule has 0 fully saturated rings. The lowest BCUT2D eigenvalue weighted by atomic mass is 10.1. The lowest BCUT2D eigenvalue weighted by Crippen LogP contribution is -2.21. The molecule has 0 radical (unpaired) electrons. The van der Waals surface area contributed by atoms with Gasteiger partial charge < -0.3 is 4.90 Å². The topological polar surface area (TPSA) is 44.7 Å². The second-order valence-corrected chi connectivity index (χ2v) is 5.28. The summed E-state index contributed by atoms with van der Waals surface area (Å²) < 4.78 is 0. The summed E-state index contributed by atoms with van der Waals surface area (Å²) in [5.74, 6) is -0.195. The van der Waals surface area contributed by atoms with Gasteiger partial charge >= 0.3 is 0 Å². The molecular formula is C19H23N3O. The third-order valence-electron chi connectivity index (χ3n) is 3.79. The number of anilines is 1. The number of amides is 1. The van der Waals surface area contributed by atoms with Crippen LogP contribution in [0.3, 0.4) is 0 Å². The Balaban J connectivity index is 1.98. The first-order valence-corrected chi connectivity index (χ1v) is 7.89. The highest BCUT2D eigenvalue weighted by molar-refractivity contribution is 5.96. The van der Waals surface area contributed by atoms with Gasteiger partial charge in [0, 0.05) is 24.3 Å². The number of hydrogen-bond donors (Lipinski definition) is 1. The zero-order chi connectivity index (χ0) is 16.7. The van der Waals surface area contributed by atoms with Gasteiger partial charge in [-0.05, 0) is 50.1 Å². The lowest BCUT2D eigenvalue weighted by Gasteiger charge is -2.20. The Morgan fingerprint density at radius 2 is 1.74 bits per heavy atom. The fraction of sp³-hybridized carbons (Fsp3) is 0.263. The normalized spacial score (nSPS) is 10.7. The summed E-state index contributed by atoms with van der Waals surface area (Å²) in [4.78, 5) is 14.3. The Kier molecular flexibility index (Phi) is 5.92. The molecule has 0 saturated heterocycles. The lowest BCUT2D eigenvalue weighted by molar-refractivity contribution is 0.0954. The van der Waals surface area contributed by atoms with E-state index in [1.54, 1.807) is 12.3 Å². The molecular weight excluding hydrogens is 286 g/mol. The molecule has 1 amide bonds. The fourth-order valence-electron chi connectivity index (χ4n) is 2.41. The van der Waals surface area contributed by atoms with Gasteiger partial charge in [0.15, 0.2) is 0 Å². The Hall–Kier alpha value is -2.62.